The Bertz CT molecular complexity index is 1590. The maximum atomic E-state index is 16.8. The molecule has 0 bridgehead atoms. The van der Waals surface area contributed by atoms with Crippen LogP contribution < -0.4 is 5.32 Å². The minimum absolute atomic E-state index is 0.0720. The summed E-state index contributed by atoms with van der Waals surface area (Å²) in [5.74, 6) is -0.986. The Labute approximate surface area is 315 Å². The van der Waals surface area contributed by atoms with E-state index in [4.69, 9.17) is 18.9 Å². The van der Waals surface area contributed by atoms with Crippen LogP contribution in [0.15, 0.2) is 17.5 Å². The van der Waals surface area contributed by atoms with Crippen LogP contribution in [0.25, 0.3) is 0 Å². The summed E-state index contributed by atoms with van der Waals surface area (Å²) in [7, 11) is 3.70. The van der Waals surface area contributed by atoms with Crippen LogP contribution in [-0.4, -0.2) is 113 Å². The number of carbonyl (C=O) groups excluding carboxylic acids is 5. The molecule has 12 nitrogen and oxygen atoms in total. The van der Waals surface area contributed by atoms with Gasteiger partial charge in [-0.3, -0.25) is 14.4 Å². The molecule has 2 aliphatic heterocycles. The standard InChI is InChI=1S/C39H55FN2O10S/c1-11-29-39(8)32(41-36(48)52-39)23(4)30(44)22(3)20-37(6,49-16-12-14-26(43)28-15-13-17-53-28)34(24(5)33(46)38(7,40)35(47)51-29)50-27-19-21(2)18-25(31(27)45)42(9)10/h13,15,17,21-25,27,29,31-32,34,45H,11,16,18-20H2,1-10H3,(H,41,48)/t21-,22-,23+,24+,25+,27-,29-,31-,32-,34-,37+,38?,39-/m1/s1. The SMILES string of the molecule is CC[C@H]1OC(=O)C(C)(F)C(=O)[C@H](C)[C@@H](O[C@@H]2C[C@H](C)C[C@H](N(C)C)[C@H]2O)[C@@](C)(OCC#CC(=O)c2cccs2)C[C@@H](C)C(=O)[C@H](C)[C@H]2NC(=O)O[C@@]21C. The molecule has 1 aromatic rings. The first kappa shape index (κ1) is 42.5. The second-order valence-corrected chi connectivity index (χ2v) is 16.8. The van der Waals surface area contributed by atoms with Gasteiger partial charge >= 0.3 is 12.1 Å². The number of ether oxygens (including phenoxy) is 4. The van der Waals surface area contributed by atoms with Gasteiger partial charge in [0.05, 0.1) is 34.8 Å². The molecule has 2 N–H and O–H groups in total. The maximum absolute atomic E-state index is 16.8. The fourth-order valence-corrected chi connectivity index (χ4v) is 9.01. The Morgan fingerprint density at radius 2 is 1.79 bits per heavy atom. The molecule has 14 heteroatoms. The number of esters is 1. The van der Waals surface area contributed by atoms with Crippen molar-refractivity contribution in [1.82, 2.24) is 10.2 Å². The summed E-state index contributed by atoms with van der Waals surface area (Å²) in [6.45, 7) is 12.1. The molecule has 1 aliphatic carbocycles. The molecule has 2 saturated heterocycles. The van der Waals surface area contributed by atoms with Crippen LogP contribution in [-0.2, 0) is 33.3 Å². The third-order valence-electron chi connectivity index (χ3n) is 11.4. The van der Waals surface area contributed by atoms with E-state index in [-0.39, 0.29) is 37.2 Å². The maximum Gasteiger partial charge on any atom is 0.408 e. The van der Waals surface area contributed by atoms with Gasteiger partial charge in [-0.15, -0.1) is 11.3 Å². The Hall–Kier alpha value is -3.22. The first-order valence-corrected chi connectivity index (χ1v) is 19.2. The van der Waals surface area contributed by atoms with Crippen molar-refractivity contribution in [1.29, 1.82) is 0 Å². The van der Waals surface area contributed by atoms with Gasteiger partial charge in [-0.2, -0.15) is 0 Å². The van der Waals surface area contributed by atoms with Crippen LogP contribution in [0.5, 0.6) is 0 Å². The molecule has 4 rings (SSSR count). The molecule has 3 aliphatic rings. The highest BCUT2D eigenvalue weighted by Crippen LogP contribution is 2.42. The van der Waals surface area contributed by atoms with Gasteiger partial charge in [-0.05, 0) is 83.8 Å². The van der Waals surface area contributed by atoms with Gasteiger partial charge in [0.2, 0.25) is 5.78 Å². The topological polar surface area (TPSA) is 158 Å². The number of fused-ring (bicyclic) bond motifs is 1. The van der Waals surface area contributed by atoms with Crippen molar-refractivity contribution >= 4 is 40.7 Å². The van der Waals surface area contributed by atoms with Crippen molar-refractivity contribution in [3.63, 3.8) is 0 Å². The van der Waals surface area contributed by atoms with Crippen molar-refractivity contribution in [3.8, 4) is 11.8 Å². The summed E-state index contributed by atoms with van der Waals surface area (Å²) in [4.78, 5) is 69.9. The Morgan fingerprint density at radius 3 is 2.40 bits per heavy atom. The summed E-state index contributed by atoms with van der Waals surface area (Å²) in [6, 6.07) is 2.12. The summed E-state index contributed by atoms with van der Waals surface area (Å²) < 4.78 is 41.2. The molecule has 294 valence electrons. The number of hydrogen-bond donors (Lipinski definition) is 2. The van der Waals surface area contributed by atoms with E-state index < -0.39 is 88.7 Å². The van der Waals surface area contributed by atoms with E-state index in [1.165, 1.54) is 25.2 Å². The van der Waals surface area contributed by atoms with Gasteiger partial charge < -0.3 is 34.3 Å². The van der Waals surface area contributed by atoms with Crippen molar-refractivity contribution in [2.24, 2.45) is 23.7 Å². The summed E-state index contributed by atoms with van der Waals surface area (Å²) >= 11 is 1.24. The van der Waals surface area contributed by atoms with Crippen LogP contribution in [0.2, 0.25) is 0 Å². The number of Topliss-reactive ketones (excluding diaryl/α,β-unsaturated/α-hetero) is 3. The predicted molar refractivity (Wildman–Crippen MR) is 195 cm³/mol. The van der Waals surface area contributed by atoms with E-state index >= 15 is 4.39 Å². The lowest BCUT2D eigenvalue weighted by molar-refractivity contribution is -0.211. The van der Waals surface area contributed by atoms with Crippen molar-refractivity contribution in [2.45, 2.75) is 134 Å². The number of nitrogens with zero attached hydrogens (tertiary/aromatic N) is 1. The van der Waals surface area contributed by atoms with Gasteiger partial charge in [-0.25, -0.2) is 14.0 Å². The number of nitrogens with one attached hydrogen (secondary N) is 1. The predicted octanol–water partition coefficient (Wildman–Crippen LogP) is 4.55. The zero-order chi connectivity index (χ0) is 39.6. The number of hydrogen-bond acceptors (Lipinski definition) is 12. The second-order valence-electron chi connectivity index (χ2n) is 15.9. The normalized spacial score (nSPS) is 39.9. The Morgan fingerprint density at radius 1 is 1.11 bits per heavy atom. The zero-order valence-corrected chi connectivity index (χ0v) is 33.2. The third-order valence-corrected chi connectivity index (χ3v) is 12.3. The van der Waals surface area contributed by atoms with Crippen molar-refractivity contribution in [2.75, 3.05) is 20.7 Å². The van der Waals surface area contributed by atoms with Crippen LogP contribution in [0, 0.1) is 35.5 Å². The highest BCUT2D eigenvalue weighted by molar-refractivity contribution is 7.12. The van der Waals surface area contributed by atoms with E-state index in [1.807, 2.05) is 25.9 Å². The largest absolute Gasteiger partial charge is 0.455 e. The lowest BCUT2D eigenvalue weighted by Crippen LogP contribution is -2.61. The van der Waals surface area contributed by atoms with Crippen molar-refractivity contribution < 1.29 is 52.4 Å². The van der Waals surface area contributed by atoms with E-state index in [9.17, 15) is 29.1 Å². The molecular weight excluding hydrogens is 707 g/mol. The number of alkyl halides is 1. The summed E-state index contributed by atoms with van der Waals surface area (Å²) in [5, 5.41) is 16.0. The first-order chi connectivity index (χ1) is 24.7. The smallest absolute Gasteiger partial charge is 0.408 e. The second kappa shape index (κ2) is 16.7. The number of likely N-dealkylation sites (N-methyl/N-ethyl adjacent to an activating group) is 1. The van der Waals surface area contributed by atoms with E-state index in [0.29, 0.717) is 17.7 Å². The molecule has 1 amide bonds. The molecule has 1 aromatic heterocycles. The van der Waals surface area contributed by atoms with E-state index in [0.717, 1.165) is 6.92 Å². The number of aliphatic hydroxyl groups is 1. The molecule has 0 radical (unpaired) electrons. The molecule has 0 spiro atoms. The van der Waals surface area contributed by atoms with Gasteiger partial charge in [-0.1, -0.05) is 46.6 Å². The fraction of sp³-hybridized carbons (Fsp3) is 0.718. The Kier molecular flexibility index (Phi) is 13.4. The minimum Gasteiger partial charge on any atom is -0.455 e. The number of cyclic esters (lactones) is 1. The number of halogens is 1. The molecule has 13 atom stereocenters. The van der Waals surface area contributed by atoms with Crippen LogP contribution >= 0.6 is 11.3 Å². The molecule has 1 saturated carbocycles. The summed E-state index contributed by atoms with van der Waals surface area (Å²) in [5.41, 5.74) is -6.34. The minimum atomic E-state index is -3.19. The van der Waals surface area contributed by atoms with Crippen LogP contribution in [0.3, 0.4) is 0 Å². The van der Waals surface area contributed by atoms with Gasteiger partial charge in [0.1, 0.15) is 18.5 Å². The number of aliphatic hydroxyl groups excluding tert-OH is 1. The third kappa shape index (κ3) is 8.86. The molecule has 3 fully saturated rings. The monoisotopic (exact) mass is 762 g/mol. The number of alkyl carbamates (subject to hydrolysis) is 1. The van der Waals surface area contributed by atoms with E-state index in [1.54, 1.807) is 45.2 Å². The highest BCUT2D eigenvalue weighted by Gasteiger charge is 2.59. The molecule has 1 unspecified atom stereocenters. The number of thiophene rings is 1. The van der Waals surface area contributed by atoms with Crippen molar-refractivity contribution in [3.05, 3.63) is 22.4 Å². The number of carbonyl (C=O) groups is 5. The Balaban J connectivity index is 1.84. The average molecular weight is 763 g/mol. The number of rotatable bonds is 7. The van der Waals surface area contributed by atoms with Crippen LogP contribution in [0.4, 0.5) is 9.18 Å². The molecule has 53 heavy (non-hydrogen) atoms. The summed E-state index contributed by atoms with van der Waals surface area (Å²) in [6.07, 6.45) is -4.08. The molecular formula is C39H55FN2O10S. The van der Waals surface area contributed by atoms with E-state index in [2.05, 4.69) is 17.2 Å². The molecule has 0 aromatic carbocycles. The van der Waals surface area contributed by atoms with Gasteiger partial charge in [0, 0.05) is 23.8 Å². The molecule has 3 heterocycles. The zero-order valence-electron chi connectivity index (χ0n) is 32.4. The fourth-order valence-electron chi connectivity index (χ4n) is 8.39. The number of ketones is 3. The van der Waals surface area contributed by atoms with Gasteiger partial charge in [0.25, 0.3) is 5.67 Å². The highest BCUT2D eigenvalue weighted by atomic mass is 32.1. The lowest BCUT2D eigenvalue weighted by atomic mass is 9.73. The average Bonchev–Trinajstić information content (AvgIpc) is 3.75. The lowest BCUT2D eigenvalue weighted by Gasteiger charge is -2.47. The first-order valence-electron chi connectivity index (χ1n) is 18.4. The number of amides is 1. The van der Waals surface area contributed by atoms with Gasteiger partial charge in [0.15, 0.2) is 11.4 Å². The quantitative estimate of drug-likeness (QED) is 0.132. The van der Waals surface area contributed by atoms with Crippen LogP contribution in [0.1, 0.15) is 90.7 Å².